The highest BCUT2D eigenvalue weighted by atomic mass is 79.9. The molecular weight excluding hydrogens is 330 g/mol. The molecule has 1 amide bonds. The standard InChI is InChI=1S/C12H8BrN3O4/c13-11-6-5-10(20-11)7-14-15-12(17)8-1-3-9(4-2-8)16(18)19/h1-7H,(H,15,17). The molecule has 2 aromatic rings. The largest absolute Gasteiger partial charge is 0.448 e. The van der Waals surface area contributed by atoms with Gasteiger partial charge in [-0.1, -0.05) is 0 Å². The molecule has 0 aliphatic rings. The van der Waals surface area contributed by atoms with Crippen LogP contribution in [-0.4, -0.2) is 17.0 Å². The number of nitro benzene ring substituents is 1. The van der Waals surface area contributed by atoms with Crippen LogP contribution in [0.4, 0.5) is 5.69 Å². The second-order valence-electron chi connectivity index (χ2n) is 3.64. The Morgan fingerprint density at radius 2 is 2.00 bits per heavy atom. The Kier molecular flexibility index (Phi) is 4.26. The third-order valence-corrected chi connectivity index (χ3v) is 2.72. The first-order chi connectivity index (χ1) is 9.56. The molecule has 1 heterocycles. The normalized spacial score (nSPS) is 10.7. The first kappa shape index (κ1) is 13.9. The van der Waals surface area contributed by atoms with Gasteiger partial charge in [0.1, 0.15) is 5.76 Å². The molecule has 20 heavy (non-hydrogen) atoms. The minimum absolute atomic E-state index is 0.0783. The SMILES string of the molecule is O=C(NN=Cc1ccc(Br)o1)c1ccc([N+](=O)[O-])cc1. The van der Waals surface area contributed by atoms with E-state index in [1.165, 1.54) is 30.5 Å². The van der Waals surface area contributed by atoms with Crippen molar-refractivity contribution in [3.8, 4) is 0 Å². The van der Waals surface area contributed by atoms with E-state index in [1.807, 2.05) is 0 Å². The van der Waals surface area contributed by atoms with E-state index in [0.29, 0.717) is 10.4 Å². The molecule has 1 N–H and O–H groups in total. The maximum absolute atomic E-state index is 11.7. The highest BCUT2D eigenvalue weighted by Gasteiger charge is 2.08. The summed E-state index contributed by atoms with van der Waals surface area (Å²) in [7, 11) is 0. The minimum atomic E-state index is -0.533. The highest BCUT2D eigenvalue weighted by Crippen LogP contribution is 2.13. The van der Waals surface area contributed by atoms with Crippen LogP contribution in [0.15, 0.2) is 50.6 Å². The number of halogens is 1. The van der Waals surface area contributed by atoms with Crippen LogP contribution < -0.4 is 5.43 Å². The molecular formula is C12H8BrN3O4. The number of amides is 1. The quantitative estimate of drug-likeness (QED) is 0.526. The van der Waals surface area contributed by atoms with Crippen molar-refractivity contribution >= 4 is 33.7 Å². The summed E-state index contributed by atoms with van der Waals surface area (Å²) in [6.45, 7) is 0. The van der Waals surface area contributed by atoms with Gasteiger partial charge >= 0.3 is 0 Å². The van der Waals surface area contributed by atoms with Gasteiger partial charge in [0.05, 0.1) is 11.1 Å². The van der Waals surface area contributed by atoms with Crippen molar-refractivity contribution in [2.24, 2.45) is 5.10 Å². The average molecular weight is 338 g/mol. The zero-order chi connectivity index (χ0) is 14.5. The number of hydrazone groups is 1. The Morgan fingerprint density at radius 1 is 1.30 bits per heavy atom. The molecule has 0 unspecified atom stereocenters. The number of nitrogens with zero attached hydrogens (tertiary/aromatic N) is 2. The lowest BCUT2D eigenvalue weighted by atomic mass is 10.2. The van der Waals surface area contributed by atoms with Crippen molar-refractivity contribution in [3.63, 3.8) is 0 Å². The summed E-state index contributed by atoms with van der Waals surface area (Å²) >= 11 is 3.14. The van der Waals surface area contributed by atoms with Gasteiger partial charge in [-0.05, 0) is 40.2 Å². The second kappa shape index (κ2) is 6.11. The van der Waals surface area contributed by atoms with E-state index >= 15 is 0 Å². The zero-order valence-corrected chi connectivity index (χ0v) is 11.5. The Bertz CT molecular complexity index is 664. The van der Waals surface area contributed by atoms with Crippen LogP contribution in [0.5, 0.6) is 0 Å². The number of carbonyl (C=O) groups excluding carboxylic acids is 1. The van der Waals surface area contributed by atoms with Crippen molar-refractivity contribution in [2.75, 3.05) is 0 Å². The van der Waals surface area contributed by atoms with E-state index in [-0.39, 0.29) is 11.3 Å². The molecule has 1 aromatic heterocycles. The highest BCUT2D eigenvalue weighted by molar-refractivity contribution is 9.10. The summed E-state index contributed by atoms with van der Waals surface area (Å²) in [6.07, 6.45) is 1.34. The van der Waals surface area contributed by atoms with Gasteiger partial charge in [-0.25, -0.2) is 5.43 Å². The van der Waals surface area contributed by atoms with Crippen molar-refractivity contribution < 1.29 is 14.1 Å². The van der Waals surface area contributed by atoms with E-state index < -0.39 is 10.8 Å². The smallest absolute Gasteiger partial charge is 0.271 e. The molecule has 0 bridgehead atoms. The second-order valence-corrected chi connectivity index (χ2v) is 4.43. The molecule has 0 radical (unpaired) electrons. The minimum Gasteiger partial charge on any atom is -0.448 e. The first-order valence-electron chi connectivity index (χ1n) is 5.39. The van der Waals surface area contributed by atoms with Gasteiger partial charge in [0.2, 0.25) is 0 Å². The summed E-state index contributed by atoms with van der Waals surface area (Å²) in [5, 5.41) is 14.2. The molecule has 0 aliphatic carbocycles. The average Bonchev–Trinajstić information content (AvgIpc) is 2.84. The Labute approximate surface area is 121 Å². The van der Waals surface area contributed by atoms with Crippen LogP contribution in [-0.2, 0) is 0 Å². The topological polar surface area (TPSA) is 97.7 Å². The van der Waals surface area contributed by atoms with Gasteiger partial charge in [0.25, 0.3) is 11.6 Å². The van der Waals surface area contributed by atoms with Crippen LogP contribution in [0.1, 0.15) is 16.1 Å². The summed E-state index contributed by atoms with van der Waals surface area (Å²) in [6, 6.07) is 8.58. The lowest BCUT2D eigenvalue weighted by molar-refractivity contribution is -0.384. The Morgan fingerprint density at radius 3 is 2.55 bits per heavy atom. The summed E-state index contributed by atoms with van der Waals surface area (Å²) in [4.78, 5) is 21.6. The van der Waals surface area contributed by atoms with E-state index in [4.69, 9.17) is 4.42 Å². The number of nitro groups is 1. The Hall–Kier alpha value is -2.48. The van der Waals surface area contributed by atoms with Crippen LogP contribution in [0.25, 0.3) is 0 Å². The van der Waals surface area contributed by atoms with E-state index in [2.05, 4.69) is 26.5 Å². The van der Waals surface area contributed by atoms with E-state index in [0.717, 1.165) is 0 Å². The lowest BCUT2D eigenvalue weighted by Crippen LogP contribution is -2.17. The number of nitrogens with one attached hydrogen (secondary N) is 1. The molecule has 2 rings (SSSR count). The fourth-order valence-electron chi connectivity index (χ4n) is 1.35. The number of furan rings is 1. The number of carbonyl (C=O) groups is 1. The lowest BCUT2D eigenvalue weighted by Gasteiger charge is -1.98. The van der Waals surface area contributed by atoms with Crippen LogP contribution in [0, 0.1) is 10.1 Å². The summed E-state index contributed by atoms with van der Waals surface area (Å²) in [5.41, 5.74) is 2.48. The molecule has 0 fully saturated rings. The molecule has 102 valence electrons. The number of non-ortho nitro benzene ring substituents is 1. The van der Waals surface area contributed by atoms with E-state index in [9.17, 15) is 14.9 Å². The predicted octanol–water partition coefficient (Wildman–Crippen LogP) is 2.71. The number of hydrogen-bond acceptors (Lipinski definition) is 5. The third-order valence-electron chi connectivity index (χ3n) is 2.29. The van der Waals surface area contributed by atoms with Crippen molar-refractivity contribution in [1.82, 2.24) is 5.43 Å². The zero-order valence-electron chi connectivity index (χ0n) is 9.95. The van der Waals surface area contributed by atoms with Gasteiger partial charge in [0.15, 0.2) is 4.67 Å². The summed E-state index contributed by atoms with van der Waals surface area (Å²) in [5.74, 6) is 0.00245. The van der Waals surface area contributed by atoms with Gasteiger partial charge < -0.3 is 4.42 Å². The molecule has 0 saturated carbocycles. The number of hydrogen-bond donors (Lipinski definition) is 1. The van der Waals surface area contributed by atoms with Crippen LogP contribution >= 0.6 is 15.9 Å². The van der Waals surface area contributed by atoms with Crippen molar-refractivity contribution in [2.45, 2.75) is 0 Å². The van der Waals surface area contributed by atoms with E-state index in [1.54, 1.807) is 12.1 Å². The van der Waals surface area contributed by atoms with Crippen LogP contribution in [0.3, 0.4) is 0 Å². The molecule has 0 saturated heterocycles. The molecule has 0 atom stereocenters. The third kappa shape index (κ3) is 3.51. The Balaban J connectivity index is 1.98. The molecule has 7 nitrogen and oxygen atoms in total. The molecule has 1 aromatic carbocycles. The molecule has 0 aliphatic heterocycles. The predicted molar refractivity (Wildman–Crippen MR) is 74.6 cm³/mol. The number of rotatable bonds is 4. The van der Waals surface area contributed by atoms with Gasteiger partial charge in [-0.2, -0.15) is 5.10 Å². The molecule has 0 spiro atoms. The van der Waals surface area contributed by atoms with Crippen molar-refractivity contribution in [1.29, 1.82) is 0 Å². The van der Waals surface area contributed by atoms with Gasteiger partial charge in [-0.3, -0.25) is 14.9 Å². The maximum Gasteiger partial charge on any atom is 0.271 e. The first-order valence-corrected chi connectivity index (χ1v) is 6.19. The summed E-state index contributed by atoms with van der Waals surface area (Å²) < 4.78 is 5.71. The molecule has 8 heteroatoms. The maximum atomic E-state index is 11.7. The van der Waals surface area contributed by atoms with Crippen LogP contribution in [0.2, 0.25) is 0 Å². The van der Waals surface area contributed by atoms with Gasteiger partial charge in [0, 0.05) is 17.7 Å². The van der Waals surface area contributed by atoms with Crippen molar-refractivity contribution in [3.05, 3.63) is 62.5 Å². The van der Waals surface area contributed by atoms with Gasteiger partial charge in [-0.15, -0.1) is 0 Å². The number of benzene rings is 1. The fraction of sp³-hybridized carbons (Fsp3) is 0. The monoisotopic (exact) mass is 337 g/mol. The fourth-order valence-corrected chi connectivity index (χ4v) is 1.67.